The minimum Gasteiger partial charge on any atom is -0.480 e. The summed E-state index contributed by atoms with van der Waals surface area (Å²) in [5.41, 5.74) is 0. The van der Waals surface area contributed by atoms with Crippen LogP contribution in [0.5, 0.6) is 0 Å². The third kappa shape index (κ3) is 5.34. The van der Waals surface area contributed by atoms with E-state index in [1.807, 2.05) is 14.0 Å². The van der Waals surface area contributed by atoms with E-state index < -0.39 is 5.97 Å². The van der Waals surface area contributed by atoms with Gasteiger partial charge in [0.25, 0.3) is 0 Å². The molecule has 1 unspecified atom stereocenters. The monoisotopic (exact) mass is 286 g/mol. The lowest BCUT2D eigenvalue weighted by Crippen LogP contribution is -2.55. The van der Waals surface area contributed by atoms with Gasteiger partial charge in [0.1, 0.15) is 6.54 Å². The number of amides is 2. The summed E-state index contributed by atoms with van der Waals surface area (Å²) in [5, 5.41) is 11.7. The van der Waals surface area contributed by atoms with Crippen molar-refractivity contribution in [3.05, 3.63) is 0 Å². The number of hydrogen-bond acceptors (Lipinski definition) is 4. The molecule has 0 aliphatic carbocycles. The third-order valence-electron chi connectivity index (χ3n) is 3.58. The van der Waals surface area contributed by atoms with Gasteiger partial charge < -0.3 is 20.2 Å². The number of carboxylic acids is 1. The van der Waals surface area contributed by atoms with Crippen molar-refractivity contribution >= 4 is 12.0 Å². The molecule has 2 N–H and O–H groups in total. The summed E-state index contributed by atoms with van der Waals surface area (Å²) in [5.74, 6) is -0.983. The Kier molecular flexibility index (Phi) is 6.74. The molecule has 1 aliphatic rings. The molecule has 7 nitrogen and oxygen atoms in total. The molecule has 1 saturated heterocycles. The zero-order chi connectivity index (χ0) is 15.1. The van der Waals surface area contributed by atoms with Gasteiger partial charge in [-0.1, -0.05) is 6.92 Å². The Hall–Kier alpha value is -1.34. The maximum Gasteiger partial charge on any atom is 0.323 e. The molecule has 0 aromatic rings. The molecule has 0 radical (unpaired) electrons. The Morgan fingerprint density at radius 2 is 2.05 bits per heavy atom. The first kappa shape index (κ1) is 16.7. The van der Waals surface area contributed by atoms with Crippen LogP contribution in [0.3, 0.4) is 0 Å². The summed E-state index contributed by atoms with van der Waals surface area (Å²) in [4.78, 5) is 28.6. The van der Waals surface area contributed by atoms with E-state index in [1.165, 1.54) is 4.90 Å². The fourth-order valence-corrected chi connectivity index (χ4v) is 2.32. The number of carboxylic acid groups (broad SMARTS) is 1. The maximum atomic E-state index is 12.0. The number of nitrogens with zero attached hydrogens (tertiary/aromatic N) is 3. The largest absolute Gasteiger partial charge is 0.480 e. The zero-order valence-electron chi connectivity index (χ0n) is 12.6. The molecule has 7 heteroatoms. The van der Waals surface area contributed by atoms with Gasteiger partial charge in [0.05, 0.1) is 0 Å². The first-order chi connectivity index (χ1) is 9.43. The average Bonchev–Trinajstić information content (AvgIpc) is 2.38. The zero-order valence-corrected chi connectivity index (χ0v) is 12.6. The fraction of sp³-hybridized carbons (Fsp3) is 0.846. The number of aliphatic carboxylic acids is 1. The van der Waals surface area contributed by atoms with Gasteiger partial charge in [-0.25, -0.2) is 4.79 Å². The highest BCUT2D eigenvalue weighted by atomic mass is 16.4. The predicted octanol–water partition coefficient (Wildman–Crippen LogP) is -0.262. The molecule has 1 atom stereocenters. The van der Waals surface area contributed by atoms with Crippen LogP contribution in [0.1, 0.15) is 13.3 Å². The van der Waals surface area contributed by atoms with E-state index in [0.717, 1.165) is 26.1 Å². The highest BCUT2D eigenvalue weighted by Gasteiger charge is 2.23. The molecule has 0 aromatic heterocycles. The summed E-state index contributed by atoms with van der Waals surface area (Å²) in [7, 11) is 4.11. The molecule has 1 heterocycles. The summed E-state index contributed by atoms with van der Waals surface area (Å²) in [6, 6.07) is -0.0260. The Bertz CT molecular complexity index is 338. The van der Waals surface area contributed by atoms with Crippen LogP contribution < -0.4 is 5.32 Å². The second-order valence-electron chi connectivity index (χ2n) is 5.40. The molecular weight excluding hydrogens is 260 g/mol. The van der Waals surface area contributed by atoms with E-state index in [9.17, 15) is 9.59 Å². The van der Waals surface area contributed by atoms with E-state index in [-0.39, 0.29) is 18.6 Å². The molecule has 0 saturated carbocycles. The van der Waals surface area contributed by atoms with E-state index in [2.05, 4.69) is 22.2 Å². The Labute approximate surface area is 120 Å². The van der Waals surface area contributed by atoms with Gasteiger partial charge in [-0.2, -0.15) is 0 Å². The van der Waals surface area contributed by atoms with Crippen molar-refractivity contribution < 1.29 is 14.7 Å². The summed E-state index contributed by atoms with van der Waals surface area (Å²) in [6.45, 7) is 5.58. The normalized spacial score (nSPS) is 20.6. The number of carbonyl (C=O) groups excluding carboxylic acids is 1. The molecule has 116 valence electrons. The van der Waals surface area contributed by atoms with Gasteiger partial charge >= 0.3 is 12.0 Å². The fourth-order valence-electron chi connectivity index (χ4n) is 2.32. The second-order valence-corrected chi connectivity index (χ2v) is 5.40. The SMILES string of the molecule is CCCN(CC(=O)O)C(=O)NCC1CN(C)CCN1C. The number of urea groups is 1. The van der Waals surface area contributed by atoms with Gasteiger partial charge in [-0.15, -0.1) is 0 Å². The predicted molar refractivity (Wildman–Crippen MR) is 76.8 cm³/mol. The summed E-state index contributed by atoms with van der Waals surface area (Å²) >= 11 is 0. The van der Waals surface area contributed by atoms with Crippen LogP contribution in [-0.4, -0.2) is 91.2 Å². The molecule has 1 rings (SSSR count). The van der Waals surface area contributed by atoms with Gasteiger partial charge in [0, 0.05) is 38.8 Å². The quantitative estimate of drug-likeness (QED) is 0.703. The third-order valence-corrected chi connectivity index (χ3v) is 3.58. The number of carbonyl (C=O) groups is 2. The topological polar surface area (TPSA) is 76.1 Å². The lowest BCUT2D eigenvalue weighted by atomic mass is 10.2. The van der Waals surface area contributed by atoms with Gasteiger partial charge in [0.15, 0.2) is 0 Å². The Balaban J connectivity index is 2.44. The molecule has 0 aromatic carbocycles. The minimum absolute atomic E-state index is 0.250. The number of nitrogens with one attached hydrogen (secondary N) is 1. The Morgan fingerprint density at radius 3 is 2.65 bits per heavy atom. The van der Waals surface area contributed by atoms with Gasteiger partial charge in [-0.3, -0.25) is 9.69 Å². The average molecular weight is 286 g/mol. The van der Waals surface area contributed by atoms with Crippen molar-refractivity contribution in [1.29, 1.82) is 0 Å². The molecule has 1 fully saturated rings. The lowest BCUT2D eigenvalue weighted by Gasteiger charge is -2.38. The molecule has 2 amide bonds. The van der Waals surface area contributed by atoms with Crippen LogP contribution >= 0.6 is 0 Å². The molecule has 0 spiro atoms. The Morgan fingerprint density at radius 1 is 1.35 bits per heavy atom. The maximum absolute atomic E-state index is 12.0. The van der Waals surface area contributed by atoms with E-state index >= 15 is 0 Å². The highest BCUT2D eigenvalue weighted by molar-refractivity contribution is 5.80. The van der Waals surface area contributed by atoms with Crippen molar-refractivity contribution in [2.75, 3.05) is 53.4 Å². The molecule has 20 heavy (non-hydrogen) atoms. The number of rotatable bonds is 6. The van der Waals surface area contributed by atoms with Gasteiger partial charge in [0.2, 0.25) is 0 Å². The number of likely N-dealkylation sites (N-methyl/N-ethyl adjacent to an activating group) is 2. The first-order valence-corrected chi connectivity index (χ1v) is 7.07. The summed E-state index contributed by atoms with van der Waals surface area (Å²) in [6.07, 6.45) is 0.743. The van der Waals surface area contributed by atoms with Crippen LogP contribution in [0.15, 0.2) is 0 Å². The lowest BCUT2D eigenvalue weighted by molar-refractivity contribution is -0.137. The number of piperazine rings is 1. The number of hydrogen-bond donors (Lipinski definition) is 2. The molecule has 0 bridgehead atoms. The highest BCUT2D eigenvalue weighted by Crippen LogP contribution is 2.05. The van der Waals surface area contributed by atoms with Crippen molar-refractivity contribution in [1.82, 2.24) is 20.0 Å². The van der Waals surface area contributed by atoms with Crippen LogP contribution in [0, 0.1) is 0 Å². The van der Waals surface area contributed by atoms with E-state index in [1.54, 1.807) is 0 Å². The van der Waals surface area contributed by atoms with Crippen molar-refractivity contribution in [3.63, 3.8) is 0 Å². The van der Waals surface area contributed by atoms with Crippen LogP contribution in [-0.2, 0) is 4.79 Å². The standard InChI is InChI=1S/C13H26N4O3/c1-4-5-17(10-12(18)19)13(20)14-8-11-9-15(2)6-7-16(11)3/h11H,4-10H2,1-3H3,(H,14,20)(H,18,19). The van der Waals surface area contributed by atoms with Crippen molar-refractivity contribution in [2.45, 2.75) is 19.4 Å². The van der Waals surface area contributed by atoms with Gasteiger partial charge in [-0.05, 0) is 20.5 Å². The van der Waals surface area contributed by atoms with Crippen LogP contribution in [0.2, 0.25) is 0 Å². The minimum atomic E-state index is -0.983. The molecular formula is C13H26N4O3. The van der Waals surface area contributed by atoms with Crippen molar-refractivity contribution in [3.8, 4) is 0 Å². The smallest absolute Gasteiger partial charge is 0.323 e. The van der Waals surface area contributed by atoms with E-state index in [0.29, 0.717) is 13.1 Å². The van der Waals surface area contributed by atoms with Crippen LogP contribution in [0.25, 0.3) is 0 Å². The first-order valence-electron chi connectivity index (χ1n) is 7.07. The second kappa shape index (κ2) is 8.06. The van der Waals surface area contributed by atoms with Crippen LogP contribution in [0.4, 0.5) is 4.79 Å². The van der Waals surface area contributed by atoms with Crippen molar-refractivity contribution in [2.24, 2.45) is 0 Å². The summed E-state index contributed by atoms with van der Waals surface area (Å²) < 4.78 is 0. The van der Waals surface area contributed by atoms with E-state index in [4.69, 9.17) is 5.11 Å². The molecule has 1 aliphatic heterocycles.